The minimum atomic E-state index is -0.771. The Kier molecular flexibility index (Phi) is 5.65. The second-order valence-corrected chi connectivity index (χ2v) is 4.68. The molecule has 0 radical (unpaired) electrons. The van der Waals surface area contributed by atoms with Gasteiger partial charge in [0.05, 0.1) is 13.5 Å². The summed E-state index contributed by atoms with van der Waals surface area (Å²) in [5, 5.41) is 12.1. The van der Waals surface area contributed by atoms with Gasteiger partial charge in [-0.15, -0.1) is 0 Å². The number of carboxylic acids is 1. The molecular formula is C14H21NO3. The van der Waals surface area contributed by atoms with Gasteiger partial charge in [-0.3, -0.25) is 4.79 Å². The Hall–Kier alpha value is -1.55. The molecule has 0 aliphatic carbocycles. The van der Waals surface area contributed by atoms with Gasteiger partial charge in [0.25, 0.3) is 0 Å². The molecule has 0 aromatic heterocycles. The molecule has 1 rings (SSSR count). The highest BCUT2D eigenvalue weighted by Gasteiger charge is 2.16. The van der Waals surface area contributed by atoms with E-state index in [1.165, 1.54) is 0 Å². The number of aliphatic carboxylic acids is 1. The summed E-state index contributed by atoms with van der Waals surface area (Å²) < 4.78 is 5.15. The minimum Gasteiger partial charge on any atom is -0.497 e. The van der Waals surface area contributed by atoms with Gasteiger partial charge in [0.2, 0.25) is 0 Å². The third kappa shape index (κ3) is 4.75. The lowest BCUT2D eigenvalue weighted by atomic mass is 10.0. The van der Waals surface area contributed by atoms with Gasteiger partial charge < -0.3 is 15.2 Å². The van der Waals surface area contributed by atoms with Crippen molar-refractivity contribution in [3.05, 3.63) is 29.8 Å². The van der Waals surface area contributed by atoms with Crippen LogP contribution in [0.5, 0.6) is 5.75 Å². The fourth-order valence-electron chi connectivity index (χ4n) is 1.76. The molecule has 1 unspecified atom stereocenters. The molecule has 100 valence electrons. The second-order valence-electron chi connectivity index (χ2n) is 4.68. The van der Waals surface area contributed by atoms with Crippen LogP contribution in [0.25, 0.3) is 0 Å². The number of hydrogen-bond donors (Lipinski definition) is 2. The number of carboxylic acid groups (broad SMARTS) is 1. The fourth-order valence-corrected chi connectivity index (χ4v) is 1.76. The molecule has 1 atom stereocenters. The van der Waals surface area contributed by atoms with Crippen molar-refractivity contribution in [1.29, 1.82) is 0 Å². The Morgan fingerprint density at radius 1 is 1.44 bits per heavy atom. The van der Waals surface area contributed by atoms with Crippen LogP contribution in [0.3, 0.4) is 0 Å². The van der Waals surface area contributed by atoms with Crippen molar-refractivity contribution in [3.63, 3.8) is 0 Å². The number of rotatable bonds is 7. The molecule has 0 amide bonds. The highest BCUT2D eigenvalue weighted by atomic mass is 16.5. The smallest absolute Gasteiger partial charge is 0.304 e. The first kappa shape index (κ1) is 14.5. The first-order valence-corrected chi connectivity index (χ1v) is 6.11. The summed E-state index contributed by atoms with van der Waals surface area (Å²) in [5.74, 6) is 0.326. The number of hydrogen-bond acceptors (Lipinski definition) is 3. The van der Waals surface area contributed by atoms with Gasteiger partial charge in [0, 0.05) is 12.6 Å². The Balaban J connectivity index is 2.57. The molecule has 0 saturated heterocycles. The summed E-state index contributed by atoms with van der Waals surface area (Å²) in [6.07, 6.45) is 0.141. The van der Waals surface area contributed by atoms with Crippen LogP contribution >= 0.6 is 0 Å². The van der Waals surface area contributed by atoms with Crippen LogP contribution in [-0.4, -0.2) is 24.2 Å². The van der Waals surface area contributed by atoms with Crippen molar-refractivity contribution >= 4 is 5.97 Å². The van der Waals surface area contributed by atoms with E-state index in [4.69, 9.17) is 9.84 Å². The van der Waals surface area contributed by atoms with E-state index in [0.717, 1.165) is 11.3 Å². The van der Waals surface area contributed by atoms with Crippen molar-refractivity contribution < 1.29 is 14.6 Å². The van der Waals surface area contributed by atoms with E-state index < -0.39 is 5.97 Å². The van der Waals surface area contributed by atoms with E-state index in [1.54, 1.807) is 7.11 Å². The predicted octanol–water partition coefficient (Wildman–Crippen LogP) is 2.28. The van der Waals surface area contributed by atoms with Crippen molar-refractivity contribution in [3.8, 4) is 5.75 Å². The number of benzene rings is 1. The van der Waals surface area contributed by atoms with Crippen LogP contribution < -0.4 is 10.1 Å². The third-order valence-corrected chi connectivity index (χ3v) is 2.90. The standard InChI is InChI=1S/C14H21NO3/c1-10(2)13(8-14(16)17)15-9-11-5-4-6-12(7-11)18-3/h4-7,10,13,15H,8-9H2,1-3H3,(H,16,17). The SMILES string of the molecule is COc1cccc(CNC(CC(=O)O)C(C)C)c1. The van der Waals surface area contributed by atoms with Crippen LogP contribution in [0.2, 0.25) is 0 Å². The monoisotopic (exact) mass is 251 g/mol. The summed E-state index contributed by atoms with van der Waals surface area (Å²) in [6.45, 7) is 4.69. The van der Waals surface area contributed by atoms with Crippen molar-refractivity contribution in [2.45, 2.75) is 32.9 Å². The molecule has 1 aromatic rings. The minimum absolute atomic E-state index is 0.0197. The lowest BCUT2D eigenvalue weighted by Gasteiger charge is -2.20. The topological polar surface area (TPSA) is 58.6 Å². The quantitative estimate of drug-likeness (QED) is 0.780. The van der Waals surface area contributed by atoms with Gasteiger partial charge in [0.1, 0.15) is 5.75 Å². The maximum atomic E-state index is 10.8. The van der Waals surface area contributed by atoms with Gasteiger partial charge in [-0.05, 0) is 23.6 Å². The maximum absolute atomic E-state index is 10.8. The zero-order valence-corrected chi connectivity index (χ0v) is 11.1. The molecule has 0 spiro atoms. The van der Waals surface area contributed by atoms with Crippen molar-refractivity contribution in [2.75, 3.05) is 7.11 Å². The third-order valence-electron chi connectivity index (χ3n) is 2.90. The molecule has 0 aliphatic rings. The van der Waals surface area contributed by atoms with Crippen molar-refractivity contribution in [2.24, 2.45) is 5.92 Å². The summed E-state index contributed by atoms with van der Waals surface area (Å²) in [6, 6.07) is 7.74. The predicted molar refractivity (Wildman–Crippen MR) is 70.7 cm³/mol. The molecular weight excluding hydrogens is 230 g/mol. The molecule has 0 saturated carbocycles. The number of methoxy groups -OCH3 is 1. The molecule has 4 heteroatoms. The summed E-state index contributed by atoms with van der Waals surface area (Å²) in [5.41, 5.74) is 1.09. The summed E-state index contributed by atoms with van der Waals surface area (Å²) in [4.78, 5) is 10.8. The van der Waals surface area contributed by atoms with E-state index in [9.17, 15) is 4.79 Å². The molecule has 4 nitrogen and oxygen atoms in total. The zero-order valence-electron chi connectivity index (χ0n) is 11.1. The van der Waals surface area contributed by atoms with E-state index in [-0.39, 0.29) is 18.4 Å². The molecule has 0 aliphatic heterocycles. The molecule has 1 aromatic carbocycles. The van der Waals surface area contributed by atoms with Gasteiger partial charge >= 0.3 is 5.97 Å². The molecule has 18 heavy (non-hydrogen) atoms. The number of ether oxygens (including phenoxy) is 1. The zero-order chi connectivity index (χ0) is 13.5. The largest absolute Gasteiger partial charge is 0.497 e. The normalized spacial score (nSPS) is 12.4. The Labute approximate surface area is 108 Å². The Morgan fingerprint density at radius 2 is 2.17 bits per heavy atom. The maximum Gasteiger partial charge on any atom is 0.304 e. The van der Waals surface area contributed by atoms with Crippen LogP contribution in [0.15, 0.2) is 24.3 Å². The van der Waals surface area contributed by atoms with E-state index >= 15 is 0 Å². The van der Waals surface area contributed by atoms with Crippen LogP contribution in [0.1, 0.15) is 25.8 Å². The van der Waals surface area contributed by atoms with Crippen LogP contribution in [-0.2, 0) is 11.3 Å². The van der Waals surface area contributed by atoms with Gasteiger partial charge in [-0.2, -0.15) is 0 Å². The Bertz CT molecular complexity index is 390. The van der Waals surface area contributed by atoms with E-state index in [2.05, 4.69) is 5.32 Å². The molecule has 2 N–H and O–H groups in total. The van der Waals surface area contributed by atoms with Crippen molar-refractivity contribution in [1.82, 2.24) is 5.32 Å². The van der Waals surface area contributed by atoms with Crippen LogP contribution in [0, 0.1) is 5.92 Å². The summed E-state index contributed by atoms with van der Waals surface area (Å²) >= 11 is 0. The fraction of sp³-hybridized carbons (Fsp3) is 0.500. The highest BCUT2D eigenvalue weighted by Crippen LogP contribution is 2.13. The lowest BCUT2D eigenvalue weighted by molar-refractivity contribution is -0.137. The van der Waals surface area contributed by atoms with Gasteiger partial charge in [-0.1, -0.05) is 26.0 Å². The van der Waals surface area contributed by atoms with E-state index in [0.29, 0.717) is 6.54 Å². The molecule has 0 heterocycles. The molecule has 0 fully saturated rings. The lowest BCUT2D eigenvalue weighted by Crippen LogP contribution is -2.35. The van der Waals surface area contributed by atoms with Gasteiger partial charge in [-0.25, -0.2) is 0 Å². The first-order chi connectivity index (χ1) is 8.52. The first-order valence-electron chi connectivity index (χ1n) is 6.11. The second kappa shape index (κ2) is 7.01. The molecule has 0 bridgehead atoms. The van der Waals surface area contributed by atoms with E-state index in [1.807, 2.05) is 38.1 Å². The van der Waals surface area contributed by atoms with Crippen LogP contribution in [0.4, 0.5) is 0 Å². The highest BCUT2D eigenvalue weighted by molar-refractivity contribution is 5.67. The number of carbonyl (C=O) groups is 1. The average Bonchev–Trinajstić information content (AvgIpc) is 2.34. The van der Waals surface area contributed by atoms with Gasteiger partial charge in [0.15, 0.2) is 0 Å². The number of nitrogens with one attached hydrogen (secondary N) is 1. The average molecular weight is 251 g/mol. The Morgan fingerprint density at radius 3 is 2.72 bits per heavy atom. The summed E-state index contributed by atoms with van der Waals surface area (Å²) in [7, 11) is 1.63.